The van der Waals surface area contributed by atoms with E-state index in [1.54, 1.807) is 24.3 Å². The Hall–Kier alpha value is -0.810. The first-order valence-corrected chi connectivity index (χ1v) is 6.74. The summed E-state index contributed by atoms with van der Waals surface area (Å²) in [6, 6.07) is 8.33. The lowest BCUT2D eigenvalue weighted by atomic mass is 10.0. The Kier molecular flexibility index (Phi) is 4.12. The van der Waals surface area contributed by atoms with Crippen molar-refractivity contribution in [2.75, 3.05) is 0 Å². The average Bonchev–Trinajstić information content (AvgIpc) is 2.28. The molecular formula is C13H7Br2F3. The Morgan fingerprint density at radius 1 is 0.889 bits per heavy atom. The first-order valence-electron chi connectivity index (χ1n) is 5.03. The highest BCUT2D eigenvalue weighted by atomic mass is 79.9. The van der Waals surface area contributed by atoms with Crippen LogP contribution in [0.1, 0.15) is 16.0 Å². The van der Waals surface area contributed by atoms with Crippen molar-refractivity contribution in [2.45, 2.75) is 4.83 Å². The molecule has 0 radical (unpaired) electrons. The molecule has 0 aromatic heterocycles. The van der Waals surface area contributed by atoms with E-state index in [-0.39, 0.29) is 5.56 Å². The normalized spacial score (nSPS) is 12.5. The molecule has 5 heteroatoms. The van der Waals surface area contributed by atoms with Gasteiger partial charge in [0, 0.05) is 22.2 Å². The predicted octanol–water partition coefficient (Wildman–Crippen LogP) is 5.35. The van der Waals surface area contributed by atoms with Crippen LogP contribution in [0.25, 0.3) is 0 Å². The third-order valence-electron chi connectivity index (χ3n) is 2.46. The molecule has 2 aromatic rings. The van der Waals surface area contributed by atoms with Gasteiger partial charge in [-0.3, -0.25) is 0 Å². The van der Waals surface area contributed by atoms with Crippen LogP contribution < -0.4 is 0 Å². The third kappa shape index (κ3) is 2.78. The quantitative estimate of drug-likeness (QED) is 0.617. The van der Waals surface area contributed by atoms with Gasteiger partial charge in [-0.1, -0.05) is 44.0 Å². The van der Waals surface area contributed by atoms with Crippen LogP contribution in [0.3, 0.4) is 0 Å². The molecule has 0 aliphatic carbocycles. The Morgan fingerprint density at radius 2 is 1.39 bits per heavy atom. The molecule has 0 amide bonds. The van der Waals surface area contributed by atoms with Gasteiger partial charge in [0.1, 0.15) is 17.5 Å². The zero-order valence-corrected chi connectivity index (χ0v) is 12.1. The molecule has 0 aliphatic rings. The molecule has 0 aliphatic heterocycles. The minimum Gasteiger partial charge on any atom is -0.207 e. The van der Waals surface area contributed by atoms with Gasteiger partial charge in [-0.2, -0.15) is 0 Å². The van der Waals surface area contributed by atoms with Gasteiger partial charge >= 0.3 is 0 Å². The molecule has 0 nitrogen and oxygen atoms in total. The van der Waals surface area contributed by atoms with E-state index in [0.717, 1.165) is 4.47 Å². The van der Waals surface area contributed by atoms with Crippen molar-refractivity contribution in [3.63, 3.8) is 0 Å². The van der Waals surface area contributed by atoms with Crippen molar-refractivity contribution >= 4 is 31.9 Å². The Balaban J connectivity index is 2.46. The van der Waals surface area contributed by atoms with Crippen LogP contribution in [0.4, 0.5) is 13.2 Å². The summed E-state index contributed by atoms with van der Waals surface area (Å²) in [5, 5.41) is 0. The fourth-order valence-corrected chi connectivity index (χ4v) is 2.60. The van der Waals surface area contributed by atoms with E-state index in [9.17, 15) is 13.2 Å². The summed E-state index contributed by atoms with van der Waals surface area (Å²) in [4.78, 5) is -0.661. The maximum absolute atomic E-state index is 13.6. The van der Waals surface area contributed by atoms with Crippen LogP contribution in [0.15, 0.2) is 40.9 Å². The molecule has 0 fully saturated rings. The molecule has 0 heterocycles. The van der Waals surface area contributed by atoms with Crippen LogP contribution in [-0.4, -0.2) is 0 Å². The lowest BCUT2D eigenvalue weighted by Gasteiger charge is -2.13. The van der Waals surface area contributed by atoms with E-state index in [2.05, 4.69) is 31.9 Å². The Morgan fingerprint density at radius 3 is 1.89 bits per heavy atom. The first-order chi connectivity index (χ1) is 8.49. The standard InChI is InChI=1S/C13H7Br2F3/c14-8-3-1-7(2-4-8)13(15)12-10(17)5-9(16)6-11(12)18/h1-6,13H. The minimum absolute atomic E-state index is 0.196. The van der Waals surface area contributed by atoms with Gasteiger partial charge < -0.3 is 0 Å². The number of benzene rings is 2. The average molecular weight is 380 g/mol. The summed E-state index contributed by atoms with van der Waals surface area (Å²) < 4.78 is 40.9. The fourth-order valence-electron chi connectivity index (χ4n) is 1.59. The summed E-state index contributed by atoms with van der Waals surface area (Å²) >= 11 is 6.50. The molecule has 0 N–H and O–H groups in total. The highest BCUT2D eigenvalue weighted by molar-refractivity contribution is 9.10. The number of rotatable bonds is 2. The van der Waals surface area contributed by atoms with Crippen LogP contribution >= 0.6 is 31.9 Å². The van der Waals surface area contributed by atoms with Gasteiger partial charge in [-0.25, -0.2) is 13.2 Å². The second-order valence-corrected chi connectivity index (χ2v) is 5.53. The Bertz CT molecular complexity index is 544. The number of alkyl halides is 1. The van der Waals surface area contributed by atoms with Crippen molar-refractivity contribution in [3.8, 4) is 0 Å². The molecule has 94 valence electrons. The fraction of sp³-hybridized carbons (Fsp3) is 0.0769. The van der Waals surface area contributed by atoms with Gasteiger partial charge in [0.25, 0.3) is 0 Å². The molecule has 0 spiro atoms. The van der Waals surface area contributed by atoms with Crippen molar-refractivity contribution in [1.29, 1.82) is 0 Å². The lowest BCUT2D eigenvalue weighted by Crippen LogP contribution is -2.01. The van der Waals surface area contributed by atoms with Crippen molar-refractivity contribution < 1.29 is 13.2 Å². The van der Waals surface area contributed by atoms with E-state index in [1.165, 1.54) is 0 Å². The lowest BCUT2D eigenvalue weighted by molar-refractivity contribution is 0.527. The second kappa shape index (κ2) is 5.45. The van der Waals surface area contributed by atoms with Gasteiger partial charge in [0.2, 0.25) is 0 Å². The maximum Gasteiger partial charge on any atom is 0.133 e. The van der Waals surface area contributed by atoms with Crippen LogP contribution in [0.5, 0.6) is 0 Å². The number of hydrogen-bond donors (Lipinski definition) is 0. The molecule has 2 aromatic carbocycles. The molecule has 18 heavy (non-hydrogen) atoms. The highest BCUT2D eigenvalue weighted by Gasteiger charge is 2.20. The Labute approximate surface area is 119 Å². The van der Waals surface area contributed by atoms with Crippen molar-refractivity contribution in [2.24, 2.45) is 0 Å². The summed E-state index contributed by atoms with van der Waals surface area (Å²) in [5.74, 6) is -2.74. The summed E-state index contributed by atoms with van der Waals surface area (Å²) in [5.41, 5.74) is 0.487. The summed E-state index contributed by atoms with van der Waals surface area (Å²) in [6.07, 6.45) is 0. The predicted molar refractivity (Wildman–Crippen MR) is 71.2 cm³/mol. The van der Waals surface area contributed by atoms with Crippen molar-refractivity contribution in [3.05, 3.63) is 69.4 Å². The van der Waals surface area contributed by atoms with Gasteiger partial charge in [0.05, 0.1) is 4.83 Å². The topological polar surface area (TPSA) is 0 Å². The van der Waals surface area contributed by atoms with E-state index >= 15 is 0 Å². The van der Waals surface area contributed by atoms with E-state index < -0.39 is 22.3 Å². The van der Waals surface area contributed by atoms with Gasteiger partial charge in [0.15, 0.2) is 0 Å². The number of hydrogen-bond acceptors (Lipinski definition) is 0. The second-order valence-electron chi connectivity index (χ2n) is 3.70. The smallest absolute Gasteiger partial charge is 0.133 e. The summed E-state index contributed by atoms with van der Waals surface area (Å²) in [6.45, 7) is 0. The number of halogens is 5. The SMILES string of the molecule is Fc1cc(F)c(C(Br)c2ccc(Br)cc2)c(F)c1. The first kappa shape index (κ1) is 13.6. The zero-order valence-electron chi connectivity index (χ0n) is 8.93. The van der Waals surface area contributed by atoms with Crippen LogP contribution in [0, 0.1) is 17.5 Å². The molecule has 0 saturated heterocycles. The minimum atomic E-state index is -0.927. The molecule has 1 unspecified atom stereocenters. The van der Waals surface area contributed by atoms with E-state index in [4.69, 9.17) is 0 Å². The van der Waals surface area contributed by atoms with Crippen molar-refractivity contribution in [1.82, 2.24) is 0 Å². The molecule has 2 rings (SSSR count). The van der Waals surface area contributed by atoms with E-state index in [1.807, 2.05) is 0 Å². The molecule has 0 saturated carbocycles. The highest BCUT2D eigenvalue weighted by Crippen LogP contribution is 2.35. The molecular weight excluding hydrogens is 373 g/mol. The third-order valence-corrected chi connectivity index (χ3v) is 3.98. The van der Waals surface area contributed by atoms with Crippen LogP contribution in [0.2, 0.25) is 0 Å². The molecule has 1 atom stereocenters. The summed E-state index contributed by atoms with van der Waals surface area (Å²) in [7, 11) is 0. The van der Waals surface area contributed by atoms with E-state index in [0.29, 0.717) is 17.7 Å². The monoisotopic (exact) mass is 378 g/mol. The largest absolute Gasteiger partial charge is 0.207 e. The zero-order chi connectivity index (χ0) is 13.3. The van der Waals surface area contributed by atoms with Gasteiger partial charge in [-0.05, 0) is 17.7 Å². The van der Waals surface area contributed by atoms with Crippen LogP contribution in [-0.2, 0) is 0 Å². The maximum atomic E-state index is 13.6. The molecule has 0 bridgehead atoms. The van der Waals surface area contributed by atoms with Gasteiger partial charge in [-0.15, -0.1) is 0 Å².